The first-order chi connectivity index (χ1) is 8.25. The Bertz CT molecular complexity index is 360. The zero-order valence-corrected chi connectivity index (χ0v) is 10.2. The molecule has 0 heterocycles. The molecule has 1 fully saturated rings. The average Bonchev–Trinajstić information content (AvgIpc) is 3.14. The Morgan fingerprint density at radius 2 is 2.12 bits per heavy atom. The Balaban J connectivity index is 1.62. The van der Waals surface area contributed by atoms with Crippen molar-refractivity contribution >= 4 is 5.91 Å². The van der Waals surface area contributed by atoms with E-state index in [1.54, 1.807) is 0 Å². The Kier molecular flexibility index (Phi) is 4.15. The molecule has 1 aromatic rings. The van der Waals surface area contributed by atoms with Gasteiger partial charge in [0.25, 0.3) is 0 Å². The highest BCUT2D eigenvalue weighted by molar-refractivity contribution is 5.81. The van der Waals surface area contributed by atoms with Crippen LogP contribution < -0.4 is 5.32 Å². The van der Waals surface area contributed by atoms with Crippen LogP contribution in [-0.2, 0) is 16.1 Å². The number of nitrogens with one attached hydrogen (secondary N) is 1. The molecule has 1 atom stereocenters. The van der Waals surface area contributed by atoms with E-state index in [4.69, 9.17) is 4.74 Å². The van der Waals surface area contributed by atoms with Gasteiger partial charge in [-0.25, -0.2) is 0 Å². The summed E-state index contributed by atoms with van der Waals surface area (Å²) in [5, 5.41) is 2.96. The zero-order valence-electron chi connectivity index (χ0n) is 10.2. The Morgan fingerprint density at radius 3 is 2.76 bits per heavy atom. The molecule has 0 saturated heterocycles. The van der Waals surface area contributed by atoms with Crippen LogP contribution in [0.25, 0.3) is 0 Å². The van der Waals surface area contributed by atoms with E-state index in [0.717, 1.165) is 18.4 Å². The molecule has 1 aromatic carbocycles. The van der Waals surface area contributed by atoms with Crippen LogP contribution in [0.1, 0.15) is 25.3 Å². The van der Waals surface area contributed by atoms with Gasteiger partial charge in [-0.05, 0) is 25.3 Å². The van der Waals surface area contributed by atoms with Crippen LogP contribution >= 0.6 is 0 Å². The number of benzene rings is 1. The van der Waals surface area contributed by atoms with Crippen molar-refractivity contribution in [1.82, 2.24) is 5.32 Å². The van der Waals surface area contributed by atoms with Crippen molar-refractivity contribution in [2.24, 2.45) is 5.92 Å². The minimum Gasteiger partial charge on any atom is -0.375 e. The minimum absolute atomic E-state index is 0.0896. The van der Waals surface area contributed by atoms with E-state index in [0.29, 0.717) is 13.2 Å². The van der Waals surface area contributed by atoms with Crippen molar-refractivity contribution in [3.63, 3.8) is 0 Å². The SMILES string of the molecule is CC(COCc1ccccc1)NC(=O)C1CC1. The molecule has 1 unspecified atom stereocenters. The second kappa shape index (κ2) is 5.82. The van der Waals surface area contributed by atoms with Crippen molar-refractivity contribution in [2.75, 3.05) is 6.61 Å². The Labute approximate surface area is 102 Å². The highest BCUT2D eigenvalue weighted by Gasteiger charge is 2.30. The normalized spacial score (nSPS) is 16.5. The number of carbonyl (C=O) groups is 1. The second-order valence-electron chi connectivity index (χ2n) is 4.68. The lowest BCUT2D eigenvalue weighted by Crippen LogP contribution is -2.36. The standard InChI is InChI=1S/C14H19NO2/c1-11(15-14(16)13-7-8-13)9-17-10-12-5-3-2-4-6-12/h2-6,11,13H,7-10H2,1H3,(H,15,16). The lowest BCUT2D eigenvalue weighted by molar-refractivity contribution is -0.123. The maximum Gasteiger partial charge on any atom is 0.223 e. The Morgan fingerprint density at radius 1 is 1.41 bits per heavy atom. The zero-order chi connectivity index (χ0) is 12.1. The monoisotopic (exact) mass is 233 g/mol. The molecule has 1 aliphatic rings. The van der Waals surface area contributed by atoms with Crippen molar-refractivity contribution in [2.45, 2.75) is 32.4 Å². The van der Waals surface area contributed by atoms with Gasteiger partial charge in [0.05, 0.1) is 13.2 Å². The lowest BCUT2D eigenvalue weighted by atomic mass is 10.2. The van der Waals surface area contributed by atoms with E-state index in [-0.39, 0.29) is 17.9 Å². The van der Waals surface area contributed by atoms with Crippen LogP contribution in [0.15, 0.2) is 30.3 Å². The summed E-state index contributed by atoms with van der Waals surface area (Å²) in [6, 6.07) is 10.1. The third kappa shape index (κ3) is 4.19. The van der Waals surface area contributed by atoms with Crippen LogP contribution in [0.3, 0.4) is 0 Å². The van der Waals surface area contributed by atoms with Gasteiger partial charge in [0, 0.05) is 12.0 Å². The van der Waals surface area contributed by atoms with Gasteiger partial charge < -0.3 is 10.1 Å². The maximum atomic E-state index is 11.5. The van der Waals surface area contributed by atoms with Gasteiger partial charge in [-0.2, -0.15) is 0 Å². The lowest BCUT2D eigenvalue weighted by Gasteiger charge is -2.14. The first kappa shape index (κ1) is 12.1. The molecule has 1 saturated carbocycles. The number of carbonyl (C=O) groups excluding carboxylic acids is 1. The van der Waals surface area contributed by atoms with Crippen LogP contribution in [0.5, 0.6) is 0 Å². The molecule has 3 heteroatoms. The summed E-state index contributed by atoms with van der Waals surface area (Å²) in [6.07, 6.45) is 2.09. The summed E-state index contributed by atoms with van der Waals surface area (Å²) < 4.78 is 5.57. The molecule has 0 aliphatic heterocycles. The summed E-state index contributed by atoms with van der Waals surface area (Å²) in [4.78, 5) is 11.5. The van der Waals surface area contributed by atoms with Crippen molar-refractivity contribution in [3.8, 4) is 0 Å². The van der Waals surface area contributed by atoms with E-state index in [9.17, 15) is 4.79 Å². The molecular formula is C14H19NO2. The first-order valence-electron chi connectivity index (χ1n) is 6.18. The predicted molar refractivity (Wildman–Crippen MR) is 66.4 cm³/mol. The third-order valence-corrected chi connectivity index (χ3v) is 2.82. The van der Waals surface area contributed by atoms with E-state index in [1.165, 1.54) is 0 Å². The van der Waals surface area contributed by atoms with Gasteiger partial charge in [-0.3, -0.25) is 4.79 Å². The van der Waals surface area contributed by atoms with Crippen molar-refractivity contribution in [1.29, 1.82) is 0 Å². The maximum absolute atomic E-state index is 11.5. The summed E-state index contributed by atoms with van der Waals surface area (Å²) in [6.45, 7) is 3.14. The first-order valence-corrected chi connectivity index (χ1v) is 6.18. The minimum atomic E-state index is 0.0896. The molecule has 92 valence electrons. The third-order valence-electron chi connectivity index (χ3n) is 2.82. The molecule has 1 aliphatic carbocycles. The molecule has 17 heavy (non-hydrogen) atoms. The number of ether oxygens (including phenoxy) is 1. The van der Waals surface area contributed by atoms with E-state index < -0.39 is 0 Å². The van der Waals surface area contributed by atoms with Gasteiger partial charge in [0.15, 0.2) is 0 Å². The molecule has 1 amide bonds. The molecule has 0 radical (unpaired) electrons. The van der Waals surface area contributed by atoms with Crippen LogP contribution in [0, 0.1) is 5.92 Å². The Hall–Kier alpha value is -1.35. The molecular weight excluding hydrogens is 214 g/mol. The number of amides is 1. The van der Waals surface area contributed by atoms with E-state index in [2.05, 4.69) is 5.32 Å². The van der Waals surface area contributed by atoms with E-state index >= 15 is 0 Å². The van der Waals surface area contributed by atoms with Crippen molar-refractivity contribution in [3.05, 3.63) is 35.9 Å². The van der Waals surface area contributed by atoms with Crippen LogP contribution in [0.4, 0.5) is 0 Å². The highest BCUT2D eigenvalue weighted by atomic mass is 16.5. The van der Waals surface area contributed by atoms with Gasteiger partial charge in [-0.15, -0.1) is 0 Å². The predicted octanol–water partition coefficient (Wildman–Crippen LogP) is 2.12. The van der Waals surface area contributed by atoms with Gasteiger partial charge in [-0.1, -0.05) is 30.3 Å². The number of hydrogen-bond donors (Lipinski definition) is 1. The molecule has 0 aromatic heterocycles. The van der Waals surface area contributed by atoms with Crippen LogP contribution in [-0.4, -0.2) is 18.6 Å². The number of hydrogen-bond acceptors (Lipinski definition) is 2. The summed E-state index contributed by atoms with van der Waals surface area (Å²) >= 11 is 0. The molecule has 0 bridgehead atoms. The fourth-order valence-corrected chi connectivity index (χ4v) is 1.68. The highest BCUT2D eigenvalue weighted by Crippen LogP contribution is 2.28. The van der Waals surface area contributed by atoms with E-state index in [1.807, 2.05) is 37.3 Å². The van der Waals surface area contributed by atoms with Crippen LogP contribution in [0.2, 0.25) is 0 Å². The van der Waals surface area contributed by atoms with Crippen molar-refractivity contribution < 1.29 is 9.53 Å². The van der Waals surface area contributed by atoms with Gasteiger partial charge >= 0.3 is 0 Å². The summed E-state index contributed by atoms with van der Waals surface area (Å²) in [7, 11) is 0. The summed E-state index contributed by atoms with van der Waals surface area (Å²) in [5.41, 5.74) is 1.16. The topological polar surface area (TPSA) is 38.3 Å². The molecule has 2 rings (SSSR count). The molecule has 0 spiro atoms. The fraction of sp³-hybridized carbons (Fsp3) is 0.500. The summed E-state index contributed by atoms with van der Waals surface area (Å²) in [5.74, 6) is 0.451. The second-order valence-corrected chi connectivity index (χ2v) is 4.68. The largest absolute Gasteiger partial charge is 0.375 e. The number of rotatable bonds is 6. The van der Waals surface area contributed by atoms with Gasteiger partial charge in [0.1, 0.15) is 0 Å². The molecule has 1 N–H and O–H groups in total. The molecule has 3 nitrogen and oxygen atoms in total. The fourth-order valence-electron chi connectivity index (χ4n) is 1.68. The smallest absolute Gasteiger partial charge is 0.223 e. The van der Waals surface area contributed by atoms with Gasteiger partial charge in [0.2, 0.25) is 5.91 Å². The quantitative estimate of drug-likeness (QED) is 0.817. The average molecular weight is 233 g/mol.